The molecule has 0 atom stereocenters. The highest BCUT2D eigenvalue weighted by Crippen LogP contribution is 2.22. The zero-order valence-corrected chi connectivity index (χ0v) is 10.4. The summed E-state index contributed by atoms with van der Waals surface area (Å²) < 4.78 is 4.95. The van der Waals surface area contributed by atoms with Crippen molar-refractivity contribution in [3.05, 3.63) is 22.6 Å². The topological polar surface area (TPSA) is 59.3 Å². The normalized spacial score (nSPS) is 11.3. The molecule has 0 aliphatic rings. The summed E-state index contributed by atoms with van der Waals surface area (Å²) in [5, 5.41) is 2.74. The summed E-state index contributed by atoms with van der Waals surface area (Å²) in [5.74, 6) is -1.59. The molecule has 0 saturated heterocycles. The van der Waals surface area contributed by atoms with Crippen LogP contribution in [0.2, 0.25) is 5.02 Å². The monoisotopic (exact) mass is 243 g/mol. The molecule has 0 aliphatic carbocycles. The summed E-state index contributed by atoms with van der Waals surface area (Å²) in [7, 11) is 0. The highest BCUT2D eigenvalue weighted by atomic mass is 35.5. The van der Waals surface area contributed by atoms with E-state index < -0.39 is 17.2 Å². The van der Waals surface area contributed by atoms with Crippen molar-refractivity contribution in [2.75, 3.05) is 0 Å². The van der Waals surface area contributed by atoms with E-state index in [-0.39, 0.29) is 10.8 Å². The van der Waals surface area contributed by atoms with Crippen LogP contribution >= 0.6 is 11.6 Å². The number of aryl methyl sites for hydroxylation is 1. The molecule has 0 saturated carbocycles. The zero-order valence-electron chi connectivity index (χ0n) is 9.68. The largest absolute Gasteiger partial charge is 0.459 e. The Kier molecular flexibility index (Phi) is 3.43. The maximum absolute atomic E-state index is 11.7. The lowest BCUT2D eigenvalue weighted by atomic mass is 10.1. The number of halogens is 1. The number of carbonyl (C=O) groups excluding carboxylic acids is 2. The third kappa shape index (κ3) is 2.85. The molecule has 1 rings (SSSR count). The van der Waals surface area contributed by atoms with Crippen LogP contribution in [-0.4, -0.2) is 17.2 Å². The molecule has 88 valence electrons. The predicted octanol–water partition coefficient (Wildman–Crippen LogP) is 2.34. The Morgan fingerprint density at radius 3 is 2.31 bits per heavy atom. The third-order valence-electron chi connectivity index (χ3n) is 1.80. The van der Waals surface area contributed by atoms with Gasteiger partial charge in [-0.2, -0.15) is 0 Å². The first-order valence-corrected chi connectivity index (χ1v) is 5.20. The molecule has 0 spiro atoms. The second-order valence-electron chi connectivity index (χ2n) is 4.60. The molecule has 1 N–H and O–H groups in total. The fourth-order valence-corrected chi connectivity index (χ4v) is 1.26. The first kappa shape index (κ1) is 12.8. The molecule has 1 heterocycles. The van der Waals surface area contributed by atoms with Crippen LogP contribution in [0.15, 0.2) is 10.7 Å². The number of furan rings is 1. The fourth-order valence-electron chi connectivity index (χ4n) is 1.08. The Morgan fingerprint density at radius 1 is 1.38 bits per heavy atom. The van der Waals surface area contributed by atoms with Crippen molar-refractivity contribution in [2.45, 2.75) is 33.2 Å². The first-order chi connectivity index (χ1) is 7.22. The molecular weight excluding hydrogens is 230 g/mol. The van der Waals surface area contributed by atoms with Gasteiger partial charge in [0.05, 0.1) is 11.3 Å². The molecule has 0 aromatic carbocycles. The number of nitrogens with one attached hydrogen (secondary N) is 1. The number of rotatable bonds is 2. The summed E-state index contributed by atoms with van der Waals surface area (Å²) in [5.41, 5.74) is 0.162. The SMILES string of the molecule is Cc1coc(C(=O)C(=O)NC(C)(C)C)c1Cl. The van der Waals surface area contributed by atoms with E-state index in [1.165, 1.54) is 6.26 Å². The Bertz CT molecular complexity index is 429. The van der Waals surface area contributed by atoms with Gasteiger partial charge >= 0.3 is 0 Å². The molecule has 0 fully saturated rings. The Labute approximate surface area is 99.0 Å². The molecular formula is C11H14ClNO3. The molecule has 16 heavy (non-hydrogen) atoms. The van der Waals surface area contributed by atoms with Crippen molar-refractivity contribution in [2.24, 2.45) is 0 Å². The Morgan fingerprint density at radius 2 is 1.94 bits per heavy atom. The van der Waals surface area contributed by atoms with Gasteiger partial charge in [-0.25, -0.2) is 0 Å². The van der Waals surface area contributed by atoms with Gasteiger partial charge in [0, 0.05) is 11.1 Å². The predicted molar refractivity (Wildman–Crippen MR) is 60.7 cm³/mol. The van der Waals surface area contributed by atoms with Crippen molar-refractivity contribution in [1.29, 1.82) is 0 Å². The van der Waals surface area contributed by atoms with E-state index in [9.17, 15) is 9.59 Å². The minimum atomic E-state index is -0.756. The molecule has 0 radical (unpaired) electrons. The average molecular weight is 244 g/mol. The van der Waals surface area contributed by atoms with Crippen LogP contribution < -0.4 is 5.32 Å². The van der Waals surface area contributed by atoms with Crippen LogP contribution in [0.3, 0.4) is 0 Å². The summed E-state index contributed by atoms with van der Waals surface area (Å²) in [6, 6.07) is 0. The molecule has 0 bridgehead atoms. The van der Waals surface area contributed by atoms with Crippen molar-refractivity contribution in [1.82, 2.24) is 5.32 Å². The van der Waals surface area contributed by atoms with Gasteiger partial charge in [0.1, 0.15) is 0 Å². The lowest BCUT2D eigenvalue weighted by Gasteiger charge is -2.19. The van der Waals surface area contributed by atoms with Gasteiger partial charge in [0.2, 0.25) is 0 Å². The molecule has 0 aliphatic heterocycles. The van der Waals surface area contributed by atoms with Crippen LogP contribution in [0, 0.1) is 6.92 Å². The van der Waals surface area contributed by atoms with Crippen molar-refractivity contribution in [3.63, 3.8) is 0 Å². The highest BCUT2D eigenvalue weighted by molar-refractivity contribution is 6.46. The number of hydrogen-bond acceptors (Lipinski definition) is 3. The maximum Gasteiger partial charge on any atom is 0.296 e. The van der Waals surface area contributed by atoms with Gasteiger partial charge < -0.3 is 9.73 Å². The summed E-state index contributed by atoms with van der Waals surface area (Å²) in [6.45, 7) is 7.05. The fraction of sp³-hybridized carbons (Fsp3) is 0.455. The standard InChI is InChI=1S/C11H14ClNO3/c1-6-5-16-9(7(6)12)8(14)10(15)13-11(2,3)4/h5H,1-4H3,(H,13,15). The van der Waals surface area contributed by atoms with Crippen molar-refractivity contribution >= 4 is 23.3 Å². The summed E-state index contributed by atoms with van der Waals surface area (Å²) in [6.07, 6.45) is 1.35. The minimum absolute atomic E-state index is 0.110. The second-order valence-corrected chi connectivity index (χ2v) is 4.97. The van der Waals surface area contributed by atoms with Gasteiger partial charge in [-0.1, -0.05) is 11.6 Å². The Balaban J connectivity index is 2.87. The van der Waals surface area contributed by atoms with Crippen LogP contribution in [-0.2, 0) is 4.79 Å². The molecule has 1 amide bonds. The van der Waals surface area contributed by atoms with Crippen LogP contribution in [0.5, 0.6) is 0 Å². The van der Waals surface area contributed by atoms with E-state index in [1.54, 1.807) is 27.7 Å². The number of Topliss-reactive ketones (excluding diaryl/α,β-unsaturated/α-hetero) is 1. The molecule has 1 aromatic heterocycles. The minimum Gasteiger partial charge on any atom is -0.459 e. The van der Waals surface area contributed by atoms with Gasteiger partial charge in [-0.3, -0.25) is 9.59 Å². The summed E-state index contributed by atoms with van der Waals surface area (Å²) in [4.78, 5) is 23.2. The lowest BCUT2D eigenvalue weighted by Crippen LogP contribution is -2.44. The smallest absolute Gasteiger partial charge is 0.296 e. The number of amides is 1. The maximum atomic E-state index is 11.7. The molecule has 5 heteroatoms. The van der Waals surface area contributed by atoms with Crippen molar-refractivity contribution in [3.8, 4) is 0 Å². The molecule has 1 aromatic rings. The van der Waals surface area contributed by atoms with Gasteiger partial charge in [-0.15, -0.1) is 0 Å². The van der Waals surface area contributed by atoms with Gasteiger partial charge in [0.15, 0.2) is 5.76 Å². The second kappa shape index (κ2) is 4.29. The molecule has 4 nitrogen and oxygen atoms in total. The van der Waals surface area contributed by atoms with E-state index in [4.69, 9.17) is 16.0 Å². The number of ketones is 1. The van der Waals surface area contributed by atoms with Crippen molar-refractivity contribution < 1.29 is 14.0 Å². The number of hydrogen-bond donors (Lipinski definition) is 1. The van der Waals surface area contributed by atoms with Crippen LogP contribution in [0.1, 0.15) is 36.9 Å². The van der Waals surface area contributed by atoms with Gasteiger partial charge in [-0.05, 0) is 27.7 Å². The zero-order chi connectivity index (χ0) is 12.5. The van der Waals surface area contributed by atoms with E-state index in [0.29, 0.717) is 5.56 Å². The van der Waals surface area contributed by atoms with Crippen LogP contribution in [0.4, 0.5) is 0 Å². The quantitative estimate of drug-likeness (QED) is 0.641. The Hall–Kier alpha value is -1.29. The number of carbonyl (C=O) groups is 2. The van der Waals surface area contributed by atoms with E-state index >= 15 is 0 Å². The van der Waals surface area contributed by atoms with E-state index in [2.05, 4.69) is 5.32 Å². The van der Waals surface area contributed by atoms with E-state index in [0.717, 1.165) is 0 Å². The average Bonchev–Trinajstić information content (AvgIpc) is 2.44. The third-order valence-corrected chi connectivity index (χ3v) is 2.27. The van der Waals surface area contributed by atoms with E-state index in [1.807, 2.05) is 0 Å². The van der Waals surface area contributed by atoms with Gasteiger partial charge in [0.25, 0.3) is 11.7 Å². The summed E-state index contributed by atoms with van der Waals surface area (Å²) >= 11 is 5.82. The molecule has 0 unspecified atom stereocenters. The first-order valence-electron chi connectivity index (χ1n) is 4.83. The highest BCUT2D eigenvalue weighted by Gasteiger charge is 2.26. The lowest BCUT2D eigenvalue weighted by molar-refractivity contribution is -0.118. The van der Waals surface area contributed by atoms with Crippen LogP contribution in [0.25, 0.3) is 0 Å².